The molecule has 1 aliphatic carbocycles. The van der Waals surface area contributed by atoms with Gasteiger partial charge in [0.1, 0.15) is 5.69 Å². The molecular formula is C25H25N5OS. The Morgan fingerprint density at radius 1 is 1.38 bits per heavy atom. The molecule has 1 unspecified atom stereocenters. The molecule has 32 heavy (non-hydrogen) atoms. The summed E-state index contributed by atoms with van der Waals surface area (Å²) in [5, 5.41) is 9.23. The molecule has 0 saturated carbocycles. The van der Waals surface area contributed by atoms with Crippen LogP contribution in [0.15, 0.2) is 75.9 Å². The normalized spacial score (nSPS) is 23.5. The number of Topliss-reactive ketones (excluding diaryl/α,β-unsaturated/α-hetero) is 1. The molecular weight excluding hydrogens is 418 g/mol. The number of aromatic nitrogens is 1. The molecule has 2 heterocycles. The molecule has 1 saturated heterocycles. The zero-order chi connectivity index (χ0) is 22.7. The largest absolute Gasteiger partial charge is 0.404 e. The van der Waals surface area contributed by atoms with Gasteiger partial charge in [0.05, 0.1) is 22.8 Å². The zero-order valence-electron chi connectivity index (χ0n) is 18.2. The Morgan fingerprint density at radius 2 is 2.22 bits per heavy atom. The second-order valence-corrected chi connectivity index (χ2v) is 9.29. The lowest BCUT2D eigenvalue weighted by Gasteiger charge is -2.45. The smallest absolute Gasteiger partial charge is 0.193 e. The van der Waals surface area contributed by atoms with E-state index in [0.29, 0.717) is 24.2 Å². The Balaban J connectivity index is 1.74. The van der Waals surface area contributed by atoms with Crippen molar-refractivity contribution in [2.45, 2.75) is 24.7 Å². The van der Waals surface area contributed by atoms with E-state index in [9.17, 15) is 10.1 Å². The average Bonchev–Trinajstić information content (AvgIpc) is 2.82. The third kappa shape index (κ3) is 4.12. The van der Waals surface area contributed by atoms with Crippen LogP contribution in [0.2, 0.25) is 0 Å². The van der Waals surface area contributed by atoms with Gasteiger partial charge in [0.25, 0.3) is 0 Å². The molecule has 2 aromatic rings. The number of nitrogens with zero attached hydrogens (tertiary/aromatic N) is 4. The van der Waals surface area contributed by atoms with E-state index in [0.717, 1.165) is 40.3 Å². The van der Waals surface area contributed by atoms with E-state index in [1.165, 1.54) is 0 Å². The number of hydrogen-bond acceptors (Lipinski definition) is 7. The lowest BCUT2D eigenvalue weighted by Crippen LogP contribution is -2.49. The van der Waals surface area contributed by atoms with E-state index in [1.807, 2.05) is 43.3 Å². The number of allylic oxidation sites excluding steroid dienone is 2. The van der Waals surface area contributed by atoms with Crippen LogP contribution >= 0.6 is 11.9 Å². The van der Waals surface area contributed by atoms with Gasteiger partial charge in [-0.1, -0.05) is 11.6 Å². The summed E-state index contributed by atoms with van der Waals surface area (Å²) in [7, 11) is 1.75. The molecule has 1 aromatic carbocycles. The number of piperidine rings is 1. The molecule has 1 aromatic heterocycles. The van der Waals surface area contributed by atoms with Crippen molar-refractivity contribution < 1.29 is 4.79 Å². The Hall–Kier alpha value is -3.21. The van der Waals surface area contributed by atoms with E-state index in [2.05, 4.69) is 20.4 Å². The van der Waals surface area contributed by atoms with E-state index in [1.54, 1.807) is 37.5 Å². The quantitative estimate of drug-likeness (QED) is 0.565. The number of carbonyl (C=O) groups excluding carboxylic acids is 1. The molecule has 6 nitrogen and oxygen atoms in total. The van der Waals surface area contributed by atoms with Crippen molar-refractivity contribution in [2.24, 2.45) is 16.1 Å². The predicted octanol–water partition coefficient (Wildman–Crippen LogP) is 4.09. The van der Waals surface area contributed by atoms with Crippen molar-refractivity contribution in [1.29, 1.82) is 5.26 Å². The Bertz CT molecular complexity index is 1190. The van der Waals surface area contributed by atoms with Gasteiger partial charge < -0.3 is 5.73 Å². The first-order valence-electron chi connectivity index (χ1n) is 10.5. The van der Waals surface area contributed by atoms with Gasteiger partial charge in [0.2, 0.25) is 0 Å². The summed E-state index contributed by atoms with van der Waals surface area (Å²) >= 11 is 1.58. The number of carbonyl (C=O) groups is 1. The Morgan fingerprint density at radius 3 is 2.94 bits per heavy atom. The van der Waals surface area contributed by atoms with E-state index < -0.39 is 5.41 Å². The molecule has 2 N–H and O–H groups in total. The van der Waals surface area contributed by atoms with Gasteiger partial charge in [-0.2, -0.15) is 5.26 Å². The van der Waals surface area contributed by atoms with Crippen molar-refractivity contribution in [3.05, 3.63) is 82.8 Å². The molecule has 1 atom stereocenters. The number of aryl methyl sites for hydroxylation is 1. The maximum absolute atomic E-state index is 14.0. The molecule has 1 aliphatic heterocycles. The average molecular weight is 444 g/mol. The monoisotopic (exact) mass is 443 g/mol. The van der Waals surface area contributed by atoms with Gasteiger partial charge in [-0.3, -0.25) is 14.8 Å². The number of fused-ring (bicyclic) bond motifs is 1. The van der Waals surface area contributed by atoms with Gasteiger partial charge in [-0.15, -0.1) is 0 Å². The molecule has 0 amide bonds. The van der Waals surface area contributed by atoms with Crippen molar-refractivity contribution in [1.82, 2.24) is 9.29 Å². The predicted molar refractivity (Wildman–Crippen MR) is 127 cm³/mol. The Kier molecular flexibility index (Phi) is 6.26. The number of pyridine rings is 1. The summed E-state index contributed by atoms with van der Waals surface area (Å²) in [6.07, 6.45) is 6.53. The number of benzene rings is 1. The fourth-order valence-electron chi connectivity index (χ4n) is 4.42. The number of nitrogens with two attached hydrogens (primary N) is 1. The number of nitriles is 1. The number of hydrogen-bond donors (Lipinski definition) is 1. The van der Waals surface area contributed by atoms with Crippen LogP contribution in [0.3, 0.4) is 0 Å². The van der Waals surface area contributed by atoms with Crippen molar-refractivity contribution in [3.63, 3.8) is 0 Å². The summed E-state index contributed by atoms with van der Waals surface area (Å²) in [4.78, 5) is 23.7. The van der Waals surface area contributed by atoms with E-state index in [4.69, 9.17) is 5.73 Å². The molecule has 4 rings (SSSR count). The number of rotatable bonds is 4. The first-order chi connectivity index (χ1) is 15.5. The minimum absolute atomic E-state index is 0.0121. The number of aliphatic imine (C=N–C) groups is 1. The highest BCUT2D eigenvalue weighted by atomic mass is 32.2. The first kappa shape index (κ1) is 22.0. The third-order valence-electron chi connectivity index (χ3n) is 6.05. The molecule has 0 bridgehead atoms. The molecule has 162 valence electrons. The molecule has 2 aliphatic rings. The van der Waals surface area contributed by atoms with Gasteiger partial charge in [0.15, 0.2) is 5.78 Å². The van der Waals surface area contributed by atoms with Crippen LogP contribution in [-0.2, 0) is 0 Å². The summed E-state index contributed by atoms with van der Waals surface area (Å²) in [6, 6.07) is 13.5. The van der Waals surface area contributed by atoms with Crippen LogP contribution in [0.5, 0.6) is 0 Å². The lowest BCUT2D eigenvalue weighted by molar-refractivity contribution is 0.0776. The molecule has 1 fully saturated rings. The maximum Gasteiger partial charge on any atom is 0.193 e. The minimum Gasteiger partial charge on any atom is -0.404 e. The fourth-order valence-corrected chi connectivity index (χ4v) is 5.51. The molecule has 7 heteroatoms. The summed E-state index contributed by atoms with van der Waals surface area (Å²) in [5.41, 5.74) is 10.1. The second-order valence-electron chi connectivity index (χ2n) is 8.12. The van der Waals surface area contributed by atoms with Crippen LogP contribution in [0, 0.1) is 23.7 Å². The van der Waals surface area contributed by atoms with Crippen molar-refractivity contribution in [2.75, 3.05) is 20.1 Å². The van der Waals surface area contributed by atoms with Crippen molar-refractivity contribution in [3.8, 4) is 6.07 Å². The minimum atomic E-state index is -0.752. The van der Waals surface area contributed by atoms with Crippen molar-refractivity contribution >= 4 is 23.4 Å². The van der Waals surface area contributed by atoms with Crippen LogP contribution in [0.25, 0.3) is 0 Å². The van der Waals surface area contributed by atoms with Crippen LogP contribution in [0.4, 0.5) is 0 Å². The summed E-state index contributed by atoms with van der Waals surface area (Å²) < 4.78 is 2.21. The van der Waals surface area contributed by atoms with E-state index in [-0.39, 0.29) is 5.78 Å². The third-order valence-corrected chi connectivity index (χ3v) is 7.08. The Labute approximate surface area is 192 Å². The fraction of sp³-hybridized carbons (Fsp3) is 0.280. The van der Waals surface area contributed by atoms with Gasteiger partial charge >= 0.3 is 0 Å². The lowest BCUT2D eigenvalue weighted by atomic mass is 9.64. The first-order valence-corrected chi connectivity index (χ1v) is 11.3. The van der Waals surface area contributed by atoms with Gasteiger partial charge in [-0.05, 0) is 85.5 Å². The van der Waals surface area contributed by atoms with Crippen LogP contribution in [-0.4, -0.2) is 40.9 Å². The van der Waals surface area contributed by atoms with Crippen LogP contribution < -0.4 is 5.73 Å². The molecule has 0 radical (unpaired) electrons. The highest BCUT2D eigenvalue weighted by Crippen LogP contribution is 2.48. The van der Waals surface area contributed by atoms with E-state index >= 15 is 0 Å². The maximum atomic E-state index is 14.0. The topological polar surface area (TPSA) is 95.4 Å². The summed E-state index contributed by atoms with van der Waals surface area (Å²) in [5.74, 6) is 0.0121. The van der Waals surface area contributed by atoms with Gasteiger partial charge in [-0.25, -0.2) is 4.31 Å². The van der Waals surface area contributed by atoms with Gasteiger partial charge in [0, 0.05) is 31.2 Å². The highest BCUT2D eigenvalue weighted by molar-refractivity contribution is 7.97. The zero-order valence-corrected chi connectivity index (χ0v) is 19.0. The second kappa shape index (κ2) is 9.11. The number of ketones is 1. The summed E-state index contributed by atoms with van der Waals surface area (Å²) in [6.45, 7) is 3.29. The van der Waals surface area contributed by atoms with Crippen LogP contribution in [0.1, 0.15) is 34.5 Å². The SMILES string of the molecule is CN=C1C=C2CCN(Sc3cccc(C#N)c3)CC2(C(=O)c2cc(C)ccn2)CC1=CN. The molecule has 0 spiro atoms. The standard InChI is InChI=1S/C25H25N5OS/c1-17-6-8-29-23(10-17)24(31)25-13-19(15-27)22(28-2)12-20(25)7-9-30(16-25)32-21-5-3-4-18(11-21)14-26/h3-6,8,10-12,15H,7,9,13,16,27H2,1-2H3. The highest BCUT2D eigenvalue weighted by Gasteiger charge is 2.49.